The van der Waals surface area contributed by atoms with Crippen LogP contribution in [0.1, 0.15) is 31.2 Å². The van der Waals surface area contributed by atoms with Crippen LogP contribution in [0.2, 0.25) is 0 Å². The highest BCUT2D eigenvalue weighted by Gasteiger charge is 2.51. The van der Waals surface area contributed by atoms with Crippen molar-refractivity contribution in [3.05, 3.63) is 66.5 Å². The predicted octanol–water partition coefficient (Wildman–Crippen LogP) is 4.04. The zero-order valence-electron chi connectivity index (χ0n) is 23.5. The lowest BCUT2D eigenvalue weighted by Crippen LogP contribution is -2.46. The van der Waals surface area contributed by atoms with Gasteiger partial charge in [-0.3, -0.25) is 14.4 Å². The normalized spacial score (nSPS) is 24.2. The zero-order valence-corrected chi connectivity index (χ0v) is 23.5. The number of amides is 3. The molecule has 212 valence electrons. The molecule has 2 aromatic carbocycles. The van der Waals surface area contributed by atoms with Gasteiger partial charge in [0.25, 0.3) is 5.91 Å². The van der Waals surface area contributed by atoms with Crippen molar-refractivity contribution in [3.63, 3.8) is 0 Å². The van der Waals surface area contributed by atoms with Crippen molar-refractivity contribution in [2.45, 2.75) is 31.2 Å². The van der Waals surface area contributed by atoms with Crippen molar-refractivity contribution in [1.82, 2.24) is 24.5 Å². The Hall–Kier alpha value is -3.98. The third-order valence-electron chi connectivity index (χ3n) is 8.99. The van der Waals surface area contributed by atoms with Gasteiger partial charge in [-0.15, -0.1) is 0 Å². The van der Waals surface area contributed by atoms with Gasteiger partial charge in [-0.25, -0.2) is 9.79 Å². The van der Waals surface area contributed by atoms with E-state index >= 15 is 0 Å². The number of amidine groups is 1. The molecule has 9 heteroatoms. The van der Waals surface area contributed by atoms with E-state index in [2.05, 4.69) is 53.6 Å². The number of nitrogens with zero attached hydrogens (tertiary/aromatic N) is 6. The maximum Gasteiger partial charge on any atom is 0.320 e. The third-order valence-corrected chi connectivity index (χ3v) is 8.99. The highest BCUT2D eigenvalue weighted by molar-refractivity contribution is 6.15. The van der Waals surface area contributed by atoms with Crippen LogP contribution in [0.4, 0.5) is 4.79 Å². The van der Waals surface area contributed by atoms with Crippen LogP contribution in [0.5, 0.6) is 0 Å². The van der Waals surface area contributed by atoms with Gasteiger partial charge in [0, 0.05) is 70.1 Å². The second-order valence-corrected chi connectivity index (χ2v) is 11.8. The van der Waals surface area contributed by atoms with Gasteiger partial charge in [0.05, 0.1) is 12.8 Å². The summed E-state index contributed by atoms with van der Waals surface area (Å²) in [5.41, 5.74) is 4.56. The van der Waals surface area contributed by atoms with Crippen LogP contribution in [0.25, 0.3) is 22.3 Å². The fourth-order valence-corrected chi connectivity index (χ4v) is 6.62. The molecule has 3 saturated heterocycles. The van der Waals surface area contributed by atoms with Crippen molar-refractivity contribution >= 4 is 17.8 Å². The van der Waals surface area contributed by atoms with E-state index in [0.29, 0.717) is 32.7 Å². The molecule has 0 bridgehead atoms. The lowest BCUT2D eigenvalue weighted by atomic mass is 9.98. The van der Waals surface area contributed by atoms with Crippen molar-refractivity contribution in [1.29, 1.82) is 0 Å². The fraction of sp³-hybridized carbons (Fsp3) is 0.438. The number of hydrogen-bond acceptors (Lipinski definition) is 5. The molecule has 5 heterocycles. The Labute approximate surface area is 240 Å². The summed E-state index contributed by atoms with van der Waals surface area (Å²) in [4.78, 5) is 37.6. The van der Waals surface area contributed by atoms with Crippen molar-refractivity contribution < 1.29 is 14.3 Å². The number of carbonyl (C=O) groups is 2. The van der Waals surface area contributed by atoms with Gasteiger partial charge in [-0.05, 0) is 41.9 Å². The van der Waals surface area contributed by atoms with Crippen LogP contribution in [0, 0.1) is 5.92 Å². The summed E-state index contributed by atoms with van der Waals surface area (Å²) in [5.74, 6) is 0.985. The molecule has 9 nitrogen and oxygen atoms in total. The van der Waals surface area contributed by atoms with Crippen LogP contribution in [0.3, 0.4) is 0 Å². The largest absolute Gasteiger partial charge is 0.378 e. The maximum absolute atomic E-state index is 13.8. The van der Waals surface area contributed by atoms with Crippen LogP contribution < -0.4 is 0 Å². The number of likely N-dealkylation sites (tertiary alicyclic amines) is 2. The van der Waals surface area contributed by atoms with Crippen LogP contribution in [-0.2, 0) is 16.6 Å². The van der Waals surface area contributed by atoms with E-state index in [0.717, 1.165) is 72.5 Å². The number of aromatic nitrogens is 2. The van der Waals surface area contributed by atoms with E-state index in [4.69, 9.17) is 9.73 Å². The minimum atomic E-state index is -0.820. The molecule has 3 fully saturated rings. The molecule has 41 heavy (non-hydrogen) atoms. The summed E-state index contributed by atoms with van der Waals surface area (Å²) in [7, 11) is 1.92. The van der Waals surface area contributed by atoms with Crippen molar-refractivity contribution in [3.8, 4) is 22.3 Å². The summed E-state index contributed by atoms with van der Waals surface area (Å²) in [6, 6.07) is 17.0. The summed E-state index contributed by atoms with van der Waals surface area (Å²) < 4.78 is 7.47. The Morgan fingerprint density at radius 1 is 0.927 bits per heavy atom. The SMILES string of the molecule is Cn1cc(-c2ccc(-c3ccc(C4=NC5(CCOC5)C(=O)N4CC4CCN(C(=O)N5CCCC5)C4)cc3)cc2)cn1. The summed E-state index contributed by atoms with van der Waals surface area (Å²) in [6.45, 7) is 4.59. The van der Waals surface area contributed by atoms with Crippen molar-refractivity contribution in [2.24, 2.45) is 18.0 Å². The lowest BCUT2D eigenvalue weighted by molar-refractivity contribution is -0.131. The minimum Gasteiger partial charge on any atom is -0.378 e. The summed E-state index contributed by atoms with van der Waals surface area (Å²) >= 11 is 0. The Balaban J connectivity index is 1.09. The molecule has 3 amide bonds. The van der Waals surface area contributed by atoms with Gasteiger partial charge in [0.15, 0.2) is 5.54 Å². The number of benzene rings is 2. The molecule has 1 spiro atoms. The molecule has 7 rings (SSSR count). The Morgan fingerprint density at radius 2 is 1.59 bits per heavy atom. The molecule has 1 aromatic heterocycles. The number of urea groups is 1. The zero-order chi connectivity index (χ0) is 28.0. The van der Waals surface area contributed by atoms with Crippen molar-refractivity contribution in [2.75, 3.05) is 45.9 Å². The Kier molecular flexibility index (Phi) is 6.61. The summed E-state index contributed by atoms with van der Waals surface area (Å²) in [6.07, 6.45) is 7.56. The number of hydrogen-bond donors (Lipinski definition) is 0. The van der Waals surface area contributed by atoms with E-state index in [1.54, 1.807) is 4.68 Å². The lowest BCUT2D eigenvalue weighted by Gasteiger charge is -2.26. The molecule has 4 aliphatic rings. The number of aliphatic imine (C=N–C) groups is 1. The molecule has 0 aliphatic carbocycles. The van der Waals surface area contributed by atoms with Gasteiger partial charge >= 0.3 is 6.03 Å². The molecular weight excluding hydrogens is 516 g/mol. The molecule has 2 atom stereocenters. The number of carbonyl (C=O) groups excluding carboxylic acids is 2. The fourth-order valence-electron chi connectivity index (χ4n) is 6.62. The van der Waals surface area contributed by atoms with Gasteiger partial charge < -0.3 is 14.5 Å². The highest BCUT2D eigenvalue weighted by Crippen LogP contribution is 2.35. The van der Waals surface area contributed by atoms with E-state index in [1.807, 2.05) is 34.1 Å². The van der Waals surface area contributed by atoms with Crippen LogP contribution >= 0.6 is 0 Å². The number of ether oxygens (including phenoxy) is 1. The molecule has 4 aliphatic heterocycles. The molecule has 0 saturated carbocycles. The predicted molar refractivity (Wildman–Crippen MR) is 156 cm³/mol. The second-order valence-electron chi connectivity index (χ2n) is 11.8. The second kappa shape index (κ2) is 10.4. The summed E-state index contributed by atoms with van der Waals surface area (Å²) in [5, 5.41) is 4.27. The van der Waals surface area contributed by atoms with E-state index < -0.39 is 5.54 Å². The number of aryl methyl sites for hydroxylation is 1. The first-order chi connectivity index (χ1) is 20.0. The van der Waals surface area contributed by atoms with Gasteiger partial charge in [0.1, 0.15) is 5.84 Å². The Morgan fingerprint density at radius 3 is 2.20 bits per heavy atom. The minimum absolute atomic E-state index is 0.0318. The maximum atomic E-state index is 13.8. The van der Waals surface area contributed by atoms with E-state index in [-0.39, 0.29) is 17.9 Å². The first-order valence-electron chi connectivity index (χ1n) is 14.7. The third kappa shape index (κ3) is 4.82. The average Bonchev–Trinajstić information content (AvgIpc) is 3.84. The van der Waals surface area contributed by atoms with E-state index in [9.17, 15) is 9.59 Å². The van der Waals surface area contributed by atoms with Gasteiger partial charge in [-0.1, -0.05) is 48.5 Å². The molecule has 0 N–H and O–H groups in total. The van der Waals surface area contributed by atoms with Crippen LogP contribution in [-0.4, -0.2) is 93.7 Å². The quantitative estimate of drug-likeness (QED) is 0.479. The van der Waals surface area contributed by atoms with Gasteiger partial charge in [-0.2, -0.15) is 5.10 Å². The monoisotopic (exact) mass is 552 g/mol. The first kappa shape index (κ1) is 26.0. The average molecular weight is 553 g/mol. The highest BCUT2D eigenvalue weighted by atomic mass is 16.5. The molecule has 2 unspecified atom stereocenters. The molecule has 3 aromatic rings. The van der Waals surface area contributed by atoms with E-state index in [1.165, 1.54) is 0 Å². The van der Waals surface area contributed by atoms with Gasteiger partial charge in [0.2, 0.25) is 0 Å². The van der Waals surface area contributed by atoms with Crippen LogP contribution in [0.15, 0.2) is 65.9 Å². The standard InChI is InChI=1S/C32H36N6O3/c1-35-21-28(18-33-35)26-6-4-24(5-7-26)25-8-10-27(11-9-25)29-34-32(13-17-41-22-32)30(39)38(29)20-23-12-16-37(19-23)31(40)36-14-2-3-15-36/h4-11,18,21,23H,2-3,12-17,19-20,22H2,1H3. The number of rotatable bonds is 5. The smallest absolute Gasteiger partial charge is 0.320 e. The molecule has 0 radical (unpaired) electrons. The Bertz CT molecular complexity index is 1470. The topological polar surface area (TPSA) is 83.3 Å². The molecular formula is C32H36N6O3. The first-order valence-corrected chi connectivity index (χ1v) is 14.7.